The molecule has 3 aliphatic rings. The van der Waals surface area contributed by atoms with Gasteiger partial charge in [0.05, 0.1) is 24.5 Å². The maximum Gasteiger partial charge on any atom is 0.503 e. The maximum absolute atomic E-state index is 13.7. The number of rotatable bonds is 5. The van der Waals surface area contributed by atoms with Crippen molar-refractivity contribution in [1.82, 2.24) is 15.0 Å². The fourth-order valence-corrected chi connectivity index (χ4v) is 5.07. The van der Waals surface area contributed by atoms with Crippen molar-refractivity contribution in [3.05, 3.63) is 65.0 Å². The van der Waals surface area contributed by atoms with E-state index in [9.17, 15) is 13.2 Å². The molecule has 0 amide bonds. The Morgan fingerprint density at radius 3 is 2.29 bits per heavy atom. The molecule has 2 aromatic heterocycles. The lowest BCUT2D eigenvalue weighted by Crippen LogP contribution is -2.37. The summed E-state index contributed by atoms with van der Waals surface area (Å²) in [6.07, 6.45) is -1.38. The van der Waals surface area contributed by atoms with Crippen LogP contribution in [0.4, 0.5) is 41.2 Å². The van der Waals surface area contributed by atoms with Crippen LogP contribution in [0.25, 0.3) is 0 Å². The Morgan fingerprint density at radius 1 is 0.951 bits per heavy atom. The Kier molecular flexibility index (Phi) is 8.43. The number of alkyl halides is 3. The summed E-state index contributed by atoms with van der Waals surface area (Å²) < 4.78 is 46.6. The van der Waals surface area contributed by atoms with Crippen LogP contribution in [0.15, 0.2) is 42.6 Å². The zero-order valence-electron chi connectivity index (χ0n) is 22.3. The predicted octanol–water partition coefficient (Wildman–Crippen LogP) is 5.18. The number of nitrogens with one attached hydrogen (secondary N) is 1. The van der Waals surface area contributed by atoms with Gasteiger partial charge in [-0.05, 0) is 55.0 Å². The molecule has 1 saturated heterocycles. The van der Waals surface area contributed by atoms with E-state index in [1.807, 2.05) is 0 Å². The van der Waals surface area contributed by atoms with E-state index in [0.29, 0.717) is 69.9 Å². The number of hydrogen-bond donors (Lipinski definition) is 3. The van der Waals surface area contributed by atoms with E-state index in [1.54, 1.807) is 4.90 Å². The molecule has 6 rings (SSSR count). The molecular weight excluding hydrogens is 541 g/mol. The van der Waals surface area contributed by atoms with Gasteiger partial charge in [-0.15, -0.1) is 0 Å². The van der Waals surface area contributed by atoms with Gasteiger partial charge in [-0.25, -0.2) is 14.8 Å². The minimum absolute atomic E-state index is 0.0330. The molecule has 13 heteroatoms. The van der Waals surface area contributed by atoms with E-state index in [0.717, 1.165) is 23.0 Å². The molecule has 1 aliphatic carbocycles. The molecule has 2 aliphatic heterocycles. The zero-order valence-corrected chi connectivity index (χ0v) is 22.3. The first-order chi connectivity index (χ1) is 19.7. The van der Waals surface area contributed by atoms with Crippen molar-refractivity contribution in [1.29, 1.82) is 0 Å². The van der Waals surface area contributed by atoms with Crippen LogP contribution in [0, 0.1) is 0 Å². The van der Waals surface area contributed by atoms with Crippen LogP contribution in [0.2, 0.25) is 0 Å². The number of carboxylic acid groups (broad SMARTS) is 2. The average molecular weight is 573 g/mol. The van der Waals surface area contributed by atoms with Gasteiger partial charge in [0.2, 0.25) is 5.95 Å². The Bertz CT molecular complexity index is 1360. The standard InChI is InChI=1S/C27H29F3N6O.CH2O3/c28-27(29,30)22-2-1-11-31-25(22)35-12-9-21-23(10-13-35)33-26(36-14-16-37-17-15-36)34-24(21)32-20-7-5-19(6-8-20)18-3-4-18;2-1(3)4/h1-2,5-8,11,18H,3-4,9-10,12-17H2,(H,32,33,34);(H2,2,3,4). The summed E-state index contributed by atoms with van der Waals surface area (Å²) in [6.45, 7) is 3.40. The highest BCUT2D eigenvalue weighted by atomic mass is 19.4. The molecular formula is C28H31F3N6O4. The fraction of sp³-hybridized carbons (Fsp3) is 0.429. The van der Waals surface area contributed by atoms with Gasteiger partial charge in [0.15, 0.2) is 0 Å². The SMILES string of the molecule is FC(F)(F)c1cccnc1N1CCc2nc(N3CCOCC3)nc(Nc3ccc(C4CC4)cc3)c2CC1.O=C(O)O. The van der Waals surface area contributed by atoms with Gasteiger partial charge in [-0.1, -0.05) is 12.1 Å². The number of benzene rings is 1. The molecule has 218 valence electrons. The number of nitrogens with zero attached hydrogens (tertiary/aromatic N) is 5. The summed E-state index contributed by atoms with van der Waals surface area (Å²) in [7, 11) is 0. The number of pyridine rings is 1. The van der Waals surface area contributed by atoms with Crippen LogP contribution in [-0.2, 0) is 23.8 Å². The van der Waals surface area contributed by atoms with Gasteiger partial charge in [-0.2, -0.15) is 18.2 Å². The molecule has 3 aromatic rings. The second kappa shape index (κ2) is 12.2. The lowest BCUT2D eigenvalue weighted by molar-refractivity contribution is -0.137. The minimum atomic E-state index is -4.47. The molecule has 0 atom stereocenters. The Labute approximate surface area is 234 Å². The number of carbonyl (C=O) groups is 1. The summed E-state index contributed by atoms with van der Waals surface area (Å²) >= 11 is 0. The van der Waals surface area contributed by atoms with Gasteiger partial charge in [-0.3, -0.25) is 0 Å². The summed E-state index contributed by atoms with van der Waals surface area (Å²) in [5.74, 6) is 1.98. The molecule has 0 unspecified atom stereocenters. The summed E-state index contributed by atoms with van der Waals surface area (Å²) in [4.78, 5) is 26.3. The van der Waals surface area contributed by atoms with Gasteiger partial charge < -0.3 is 30.1 Å². The Morgan fingerprint density at radius 2 is 1.63 bits per heavy atom. The molecule has 1 saturated carbocycles. The molecule has 0 radical (unpaired) electrons. The smallest absolute Gasteiger partial charge is 0.450 e. The van der Waals surface area contributed by atoms with Crippen LogP contribution >= 0.6 is 0 Å². The van der Waals surface area contributed by atoms with E-state index >= 15 is 0 Å². The van der Waals surface area contributed by atoms with Crippen molar-refractivity contribution in [3.63, 3.8) is 0 Å². The number of halogens is 3. The third kappa shape index (κ3) is 7.15. The van der Waals surface area contributed by atoms with Crippen LogP contribution in [0.3, 0.4) is 0 Å². The van der Waals surface area contributed by atoms with E-state index in [2.05, 4.69) is 39.5 Å². The highest BCUT2D eigenvalue weighted by molar-refractivity contribution is 5.63. The summed E-state index contributed by atoms with van der Waals surface area (Å²) in [5.41, 5.74) is 3.38. The van der Waals surface area contributed by atoms with Crippen LogP contribution < -0.4 is 15.1 Å². The number of fused-ring (bicyclic) bond motifs is 1. The number of anilines is 4. The highest BCUT2D eigenvalue weighted by Gasteiger charge is 2.36. The first kappa shape index (κ1) is 28.4. The third-order valence-corrected chi connectivity index (χ3v) is 7.24. The van der Waals surface area contributed by atoms with Crippen LogP contribution in [-0.4, -0.2) is 70.7 Å². The second-order valence-electron chi connectivity index (χ2n) is 10.1. The van der Waals surface area contributed by atoms with Crippen molar-refractivity contribution in [3.8, 4) is 0 Å². The van der Waals surface area contributed by atoms with Crippen molar-refractivity contribution >= 4 is 29.4 Å². The van der Waals surface area contributed by atoms with E-state index in [4.69, 9.17) is 29.7 Å². The Hall–Kier alpha value is -4.13. The van der Waals surface area contributed by atoms with Gasteiger partial charge in [0.25, 0.3) is 0 Å². The first-order valence-electron chi connectivity index (χ1n) is 13.5. The van der Waals surface area contributed by atoms with Crippen molar-refractivity contribution < 1.29 is 32.9 Å². The van der Waals surface area contributed by atoms with Crippen molar-refractivity contribution in [2.75, 3.05) is 54.5 Å². The van der Waals surface area contributed by atoms with Gasteiger partial charge in [0.1, 0.15) is 11.6 Å². The maximum atomic E-state index is 13.7. The number of morpholine rings is 1. The molecule has 3 N–H and O–H groups in total. The lowest BCUT2D eigenvalue weighted by Gasteiger charge is -2.28. The predicted molar refractivity (Wildman–Crippen MR) is 146 cm³/mol. The van der Waals surface area contributed by atoms with E-state index < -0.39 is 17.9 Å². The van der Waals surface area contributed by atoms with E-state index in [1.165, 1.54) is 30.7 Å². The first-order valence-corrected chi connectivity index (χ1v) is 13.5. The summed E-state index contributed by atoms with van der Waals surface area (Å²) in [6, 6.07) is 10.9. The van der Waals surface area contributed by atoms with Crippen molar-refractivity contribution in [2.45, 2.75) is 37.8 Å². The molecule has 10 nitrogen and oxygen atoms in total. The highest BCUT2D eigenvalue weighted by Crippen LogP contribution is 2.40. The molecule has 0 bridgehead atoms. The lowest BCUT2D eigenvalue weighted by atomic mass is 10.1. The monoisotopic (exact) mass is 572 g/mol. The van der Waals surface area contributed by atoms with Gasteiger partial charge in [0, 0.05) is 50.0 Å². The van der Waals surface area contributed by atoms with Crippen LogP contribution in [0.1, 0.15) is 41.1 Å². The summed E-state index contributed by atoms with van der Waals surface area (Å²) in [5, 5.41) is 17.4. The normalized spacial score (nSPS) is 17.1. The number of aromatic nitrogens is 3. The fourth-order valence-electron chi connectivity index (χ4n) is 5.07. The largest absolute Gasteiger partial charge is 0.503 e. The number of ether oxygens (including phenoxy) is 1. The molecule has 2 fully saturated rings. The third-order valence-electron chi connectivity index (χ3n) is 7.24. The van der Waals surface area contributed by atoms with Crippen molar-refractivity contribution in [2.24, 2.45) is 0 Å². The molecule has 41 heavy (non-hydrogen) atoms. The van der Waals surface area contributed by atoms with E-state index in [-0.39, 0.29) is 5.82 Å². The quantitative estimate of drug-likeness (QED) is 0.377. The zero-order chi connectivity index (χ0) is 29.0. The van der Waals surface area contributed by atoms with Crippen LogP contribution in [0.5, 0.6) is 0 Å². The molecule has 0 spiro atoms. The Balaban J connectivity index is 0.000000794. The number of hydrogen-bond acceptors (Lipinski definition) is 8. The average Bonchev–Trinajstić information content (AvgIpc) is 3.81. The van der Waals surface area contributed by atoms with Gasteiger partial charge >= 0.3 is 12.3 Å². The molecule has 4 heterocycles. The second-order valence-corrected chi connectivity index (χ2v) is 10.1. The molecule has 1 aromatic carbocycles. The minimum Gasteiger partial charge on any atom is -0.450 e. The topological polar surface area (TPSA) is 124 Å².